The highest BCUT2D eigenvalue weighted by molar-refractivity contribution is 5.92. The number of ether oxygens (including phenoxy) is 1. The lowest BCUT2D eigenvalue weighted by Crippen LogP contribution is -2.17. The normalized spacial score (nSPS) is 11.6. The highest BCUT2D eigenvalue weighted by atomic mass is 19.4. The number of rotatable bonds is 6. The van der Waals surface area contributed by atoms with Gasteiger partial charge in [-0.2, -0.15) is 5.10 Å². The van der Waals surface area contributed by atoms with Crippen LogP contribution in [0, 0.1) is 5.92 Å². The molecule has 0 aliphatic rings. The fourth-order valence-electron chi connectivity index (χ4n) is 3.60. The van der Waals surface area contributed by atoms with Gasteiger partial charge in [-0.1, -0.05) is 27.7 Å². The molecule has 0 unspecified atom stereocenters. The van der Waals surface area contributed by atoms with E-state index in [0.717, 1.165) is 0 Å². The molecule has 0 bridgehead atoms. The molecule has 0 radical (unpaired) electrons. The summed E-state index contributed by atoms with van der Waals surface area (Å²) in [6.45, 7) is 8.86. The predicted molar refractivity (Wildman–Crippen MR) is 118 cm³/mol. The smallest absolute Gasteiger partial charge is 0.478 e. The minimum atomic E-state index is -4.81. The summed E-state index contributed by atoms with van der Waals surface area (Å²) in [5.74, 6) is -1.10. The largest absolute Gasteiger partial charge is 0.573 e. The van der Waals surface area contributed by atoms with Crippen LogP contribution in [-0.4, -0.2) is 36.8 Å². The summed E-state index contributed by atoms with van der Waals surface area (Å²) in [6.07, 6.45) is -1.76. The van der Waals surface area contributed by atoms with Gasteiger partial charge in [-0.05, 0) is 36.2 Å². The highest BCUT2D eigenvalue weighted by Crippen LogP contribution is 2.31. The van der Waals surface area contributed by atoms with Crippen LogP contribution in [0.1, 0.15) is 43.6 Å². The number of nitrogens with zero attached hydrogens (tertiary/aromatic N) is 4. The van der Waals surface area contributed by atoms with Gasteiger partial charge in [0.15, 0.2) is 0 Å². The molecule has 0 aliphatic carbocycles. The molecular formula is C23H25F3N4O3. The van der Waals surface area contributed by atoms with Gasteiger partial charge in [0.1, 0.15) is 5.75 Å². The molecular weight excluding hydrogens is 437 g/mol. The average Bonchev–Trinajstić information content (AvgIpc) is 3.31. The van der Waals surface area contributed by atoms with Crippen LogP contribution < -0.4 is 4.74 Å². The Balaban J connectivity index is 0.00000149. The van der Waals surface area contributed by atoms with Gasteiger partial charge in [0.25, 0.3) is 0 Å². The lowest BCUT2D eigenvalue weighted by Gasteiger charge is -2.14. The fourth-order valence-corrected chi connectivity index (χ4v) is 3.60. The molecule has 0 aliphatic heterocycles. The number of carboxylic acid groups (broad SMARTS) is 1. The van der Waals surface area contributed by atoms with Gasteiger partial charge in [0.2, 0.25) is 0 Å². The van der Waals surface area contributed by atoms with Gasteiger partial charge in [0.05, 0.1) is 41.2 Å². The van der Waals surface area contributed by atoms with Crippen molar-refractivity contribution in [3.05, 3.63) is 54.0 Å². The number of benzene rings is 2. The molecule has 33 heavy (non-hydrogen) atoms. The summed E-state index contributed by atoms with van der Waals surface area (Å²) in [5.41, 5.74) is 2.55. The Bertz CT molecular complexity index is 1280. The minimum Gasteiger partial charge on any atom is -0.478 e. The average molecular weight is 462 g/mol. The van der Waals surface area contributed by atoms with E-state index < -0.39 is 12.3 Å². The number of hydrogen-bond donors (Lipinski definition) is 1. The maximum atomic E-state index is 12.8. The highest BCUT2D eigenvalue weighted by Gasteiger charge is 2.31. The molecule has 176 valence electrons. The molecule has 1 N–H and O–H groups in total. The lowest BCUT2D eigenvalue weighted by molar-refractivity contribution is -0.274. The van der Waals surface area contributed by atoms with E-state index in [1.807, 2.05) is 27.7 Å². The Morgan fingerprint density at radius 2 is 1.91 bits per heavy atom. The molecule has 0 spiro atoms. The van der Waals surface area contributed by atoms with Crippen LogP contribution in [0.5, 0.6) is 5.75 Å². The van der Waals surface area contributed by atoms with Gasteiger partial charge in [-0.3, -0.25) is 4.68 Å². The number of imidazole rings is 1. The molecule has 10 heteroatoms. The number of carboxylic acids is 1. The molecule has 0 fully saturated rings. The number of halogens is 3. The summed E-state index contributed by atoms with van der Waals surface area (Å²) in [7, 11) is 0. The zero-order chi connectivity index (χ0) is 24.3. The van der Waals surface area contributed by atoms with Crippen LogP contribution in [0.2, 0.25) is 0 Å². The summed E-state index contributed by atoms with van der Waals surface area (Å²) in [6, 6.07) is 7.22. The van der Waals surface area contributed by atoms with Crippen molar-refractivity contribution in [2.75, 3.05) is 0 Å². The second-order valence-electron chi connectivity index (χ2n) is 7.67. The first-order valence-electron chi connectivity index (χ1n) is 10.5. The van der Waals surface area contributed by atoms with Crippen LogP contribution in [-0.2, 0) is 13.1 Å². The Labute approximate surface area is 188 Å². The van der Waals surface area contributed by atoms with E-state index in [9.17, 15) is 18.0 Å². The van der Waals surface area contributed by atoms with E-state index in [2.05, 4.69) is 14.8 Å². The molecule has 4 aromatic rings. The number of aromatic nitrogens is 4. The maximum absolute atomic E-state index is 12.8. The summed E-state index contributed by atoms with van der Waals surface area (Å²) in [5, 5.41) is 14.0. The second-order valence-corrected chi connectivity index (χ2v) is 7.67. The minimum absolute atomic E-state index is 0.107. The van der Waals surface area contributed by atoms with Gasteiger partial charge in [-0.25, -0.2) is 9.78 Å². The third kappa shape index (κ3) is 5.44. The van der Waals surface area contributed by atoms with Crippen molar-refractivity contribution in [1.29, 1.82) is 0 Å². The second kappa shape index (κ2) is 9.51. The fraction of sp³-hybridized carbons (Fsp3) is 0.348. The number of aromatic carboxylic acids is 1. The van der Waals surface area contributed by atoms with Crippen molar-refractivity contribution >= 4 is 27.9 Å². The quantitative estimate of drug-likeness (QED) is 0.397. The first kappa shape index (κ1) is 24.1. The molecule has 2 aromatic heterocycles. The van der Waals surface area contributed by atoms with Crippen LogP contribution in [0.3, 0.4) is 0 Å². The maximum Gasteiger partial charge on any atom is 0.573 e. The predicted octanol–water partition coefficient (Wildman–Crippen LogP) is 5.71. The molecule has 2 heterocycles. The van der Waals surface area contributed by atoms with Crippen LogP contribution in [0.25, 0.3) is 21.9 Å². The number of carbonyl (C=O) groups is 1. The van der Waals surface area contributed by atoms with Gasteiger partial charge in [-0.15, -0.1) is 13.2 Å². The molecule has 0 saturated heterocycles. The molecule has 0 saturated carbocycles. The summed E-state index contributed by atoms with van der Waals surface area (Å²) < 4.78 is 46.2. The SMILES string of the molecule is CC.CC(C)Cn1ncc2cc(OC(F)(F)F)cc(Cn3cnc4cc(C(=O)O)ccc43)c21. The van der Waals surface area contributed by atoms with E-state index in [1.54, 1.807) is 15.3 Å². The Hall–Kier alpha value is -3.56. The standard InChI is InChI=1S/C21H19F3N4O3.C2H6/c1-12(2)9-28-19-14(8-26-28)5-16(31-21(22,23)24)6-15(19)10-27-11-25-17-7-13(20(29)30)3-4-18(17)27;1-2/h3-8,11-12H,9-10H2,1-2H3,(H,29,30);1-2H3. The third-order valence-corrected chi connectivity index (χ3v) is 4.77. The van der Waals surface area contributed by atoms with Crippen molar-refractivity contribution in [3.8, 4) is 5.75 Å². The number of hydrogen-bond acceptors (Lipinski definition) is 4. The van der Waals surface area contributed by atoms with E-state index in [-0.39, 0.29) is 23.8 Å². The molecule has 0 amide bonds. The van der Waals surface area contributed by atoms with E-state index >= 15 is 0 Å². The van der Waals surface area contributed by atoms with E-state index in [1.165, 1.54) is 36.8 Å². The van der Waals surface area contributed by atoms with Crippen molar-refractivity contribution in [3.63, 3.8) is 0 Å². The Morgan fingerprint density at radius 1 is 1.18 bits per heavy atom. The summed E-state index contributed by atoms with van der Waals surface area (Å²) in [4.78, 5) is 15.4. The first-order chi connectivity index (χ1) is 15.6. The molecule has 7 nitrogen and oxygen atoms in total. The van der Waals surface area contributed by atoms with Crippen molar-refractivity contribution in [2.45, 2.75) is 47.1 Å². The topological polar surface area (TPSA) is 82.2 Å². The Morgan fingerprint density at radius 3 is 2.55 bits per heavy atom. The van der Waals surface area contributed by atoms with Crippen molar-refractivity contribution in [1.82, 2.24) is 19.3 Å². The lowest BCUT2D eigenvalue weighted by atomic mass is 10.1. The van der Waals surface area contributed by atoms with Gasteiger partial charge in [0, 0.05) is 17.5 Å². The summed E-state index contributed by atoms with van der Waals surface area (Å²) >= 11 is 0. The zero-order valence-corrected chi connectivity index (χ0v) is 18.7. The van der Waals surface area contributed by atoms with Gasteiger partial charge >= 0.3 is 12.3 Å². The molecule has 2 aromatic carbocycles. The third-order valence-electron chi connectivity index (χ3n) is 4.77. The van der Waals surface area contributed by atoms with Crippen LogP contribution in [0.15, 0.2) is 42.9 Å². The number of fused-ring (bicyclic) bond motifs is 2. The van der Waals surface area contributed by atoms with E-state index in [4.69, 9.17) is 5.11 Å². The Kier molecular flexibility index (Phi) is 6.95. The monoisotopic (exact) mass is 462 g/mol. The molecule has 0 atom stereocenters. The van der Waals surface area contributed by atoms with E-state index in [0.29, 0.717) is 34.0 Å². The number of alkyl halides is 3. The van der Waals surface area contributed by atoms with Crippen molar-refractivity contribution in [2.24, 2.45) is 5.92 Å². The first-order valence-corrected chi connectivity index (χ1v) is 10.5. The zero-order valence-electron chi connectivity index (χ0n) is 18.7. The molecule has 4 rings (SSSR count). The van der Waals surface area contributed by atoms with Crippen LogP contribution >= 0.6 is 0 Å². The van der Waals surface area contributed by atoms with Gasteiger partial charge < -0.3 is 14.4 Å². The van der Waals surface area contributed by atoms with Crippen LogP contribution in [0.4, 0.5) is 13.2 Å². The van der Waals surface area contributed by atoms with Crippen molar-refractivity contribution < 1.29 is 27.8 Å².